The summed E-state index contributed by atoms with van der Waals surface area (Å²) in [5.41, 5.74) is 0.385. The van der Waals surface area contributed by atoms with Crippen LogP contribution in [0.15, 0.2) is 46.9 Å². The number of ether oxygens (including phenoxy) is 1. The number of carbonyl (C=O) groups excluding carboxylic acids is 1. The first kappa shape index (κ1) is 16.0. The third-order valence-electron chi connectivity index (χ3n) is 2.76. The maximum Gasteiger partial charge on any atom is 0.412 e. The summed E-state index contributed by atoms with van der Waals surface area (Å²) in [6.07, 6.45) is -0.835. The van der Waals surface area contributed by atoms with Crippen molar-refractivity contribution in [3.63, 3.8) is 0 Å². The van der Waals surface area contributed by atoms with Crippen molar-refractivity contribution in [3.8, 4) is 0 Å². The lowest BCUT2D eigenvalue weighted by atomic mass is 10.2. The standard InChI is InChI=1S/C15H11BrFNO4/c16-12-10(14(19)20)6-7-11(13(12)17)18-15(21)22-8-9-4-2-1-3-5-9/h1-7H,8H2,(H,18,21)(H,19,20). The second kappa shape index (κ2) is 7.04. The fourth-order valence-corrected chi connectivity index (χ4v) is 2.20. The van der Waals surface area contributed by atoms with Gasteiger partial charge in [-0.3, -0.25) is 5.32 Å². The fourth-order valence-electron chi connectivity index (χ4n) is 1.68. The van der Waals surface area contributed by atoms with E-state index in [4.69, 9.17) is 9.84 Å². The molecule has 0 atom stereocenters. The Morgan fingerprint density at radius 3 is 2.50 bits per heavy atom. The van der Waals surface area contributed by atoms with Gasteiger partial charge in [0.1, 0.15) is 6.61 Å². The Morgan fingerprint density at radius 1 is 1.18 bits per heavy atom. The molecule has 2 aromatic carbocycles. The molecule has 114 valence electrons. The quantitative estimate of drug-likeness (QED) is 0.854. The molecule has 2 rings (SSSR count). The minimum atomic E-state index is -1.27. The number of carboxylic acid groups (broad SMARTS) is 1. The van der Waals surface area contributed by atoms with Gasteiger partial charge >= 0.3 is 12.1 Å². The molecule has 0 saturated heterocycles. The van der Waals surface area contributed by atoms with Crippen molar-refractivity contribution >= 4 is 33.7 Å². The second-order valence-corrected chi connectivity index (χ2v) is 5.07. The lowest BCUT2D eigenvalue weighted by Gasteiger charge is -2.10. The van der Waals surface area contributed by atoms with E-state index < -0.39 is 17.9 Å². The van der Waals surface area contributed by atoms with Crippen LogP contribution >= 0.6 is 15.9 Å². The van der Waals surface area contributed by atoms with Gasteiger partial charge in [0.05, 0.1) is 15.7 Å². The number of carboxylic acids is 1. The zero-order chi connectivity index (χ0) is 16.1. The van der Waals surface area contributed by atoms with Crippen LogP contribution in [0.2, 0.25) is 0 Å². The van der Waals surface area contributed by atoms with Gasteiger partial charge in [0.2, 0.25) is 0 Å². The normalized spacial score (nSPS) is 10.1. The lowest BCUT2D eigenvalue weighted by Crippen LogP contribution is -2.15. The molecule has 0 aliphatic rings. The number of benzene rings is 2. The van der Waals surface area contributed by atoms with E-state index >= 15 is 0 Å². The highest BCUT2D eigenvalue weighted by molar-refractivity contribution is 9.10. The highest BCUT2D eigenvalue weighted by Gasteiger charge is 2.17. The maximum absolute atomic E-state index is 14.0. The number of amides is 1. The molecular formula is C15H11BrFNO4. The van der Waals surface area contributed by atoms with Crippen molar-refractivity contribution in [1.29, 1.82) is 0 Å². The average molecular weight is 368 g/mol. The van der Waals surface area contributed by atoms with Crippen LogP contribution in [-0.2, 0) is 11.3 Å². The number of rotatable bonds is 4. The van der Waals surface area contributed by atoms with Gasteiger partial charge in [-0.2, -0.15) is 0 Å². The van der Waals surface area contributed by atoms with E-state index in [1.54, 1.807) is 24.3 Å². The van der Waals surface area contributed by atoms with Gasteiger partial charge in [0.25, 0.3) is 0 Å². The minimum absolute atomic E-state index is 0.0443. The van der Waals surface area contributed by atoms with Crippen LogP contribution in [0, 0.1) is 5.82 Å². The highest BCUT2D eigenvalue weighted by Crippen LogP contribution is 2.27. The summed E-state index contributed by atoms with van der Waals surface area (Å²) in [6.45, 7) is 0.0443. The first-order valence-corrected chi connectivity index (χ1v) is 6.97. The van der Waals surface area contributed by atoms with Gasteiger partial charge in [-0.05, 0) is 33.6 Å². The van der Waals surface area contributed by atoms with E-state index in [9.17, 15) is 14.0 Å². The van der Waals surface area contributed by atoms with Crippen molar-refractivity contribution in [2.75, 3.05) is 5.32 Å². The van der Waals surface area contributed by atoms with Crippen molar-refractivity contribution in [2.45, 2.75) is 6.61 Å². The summed E-state index contributed by atoms with van der Waals surface area (Å²) >= 11 is 2.85. The Morgan fingerprint density at radius 2 is 1.86 bits per heavy atom. The molecule has 0 fully saturated rings. The van der Waals surface area contributed by atoms with E-state index in [1.165, 1.54) is 6.07 Å². The molecule has 0 spiro atoms. The van der Waals surface area contributed by atoms with E-state index in [0.717, 1.165) is 11.6 Å². The molecule has 2 aromatic rings. The van der Waals surface area contributed by atoms with Gasteiger partial charge in [0, 0.05) is 0 Å². The Kier molecular flexibility index (Phi) is 5.11. The topological polar surface area (TPSA) is 75.6 Å². The van der Waals surface area contributed by atoms with Crippen molar-refractivity contribution in [1.82, 2.24) is 0 Å². The van der Waals surface area contributed by atoms with Crippen LogP contribution in [-0.4, -0.2) is 17.2 Å². The average Bonchev–Trinajstić information content (AvgIpc) is 2.50. The molecular weight excluding hydrogens is 357 g/mol. The van der Waals surface area contributed by atoms with Crippen molar-refractivity contribution < 1.29 is 23.8 Å². The van der Waals surface area contributed by atoms with Gasteiger partial charge in [-0.25, -0.2) is 14.0 Å². The zero-order valence-corrected chi connectivity index (χ0v) is 12.8. The molecule has 0 bridgehead atoms. The first-order chi connectivity index (χ1) is 10.5. The molecule has 0 aliphatic heterocycles. The number of hydrogen-bond acceptors (Lipinski definition) is 3. The molecule has 0 heterocycles. The van der Waals surface area contributed by atoms with E-state index in [1.807, 2.05) is 6.07 Å². The van der Waals surface area contributed by atoms with Crippen LogP contribution in [0.3, 0.4) is 0 Å². The number of nitrogens with one attached hydrogen (secondary N) is 1. The second-order valence-electron chi connectivity index (χ2n) is 4.28. The predicted molar refractivity (Wildman–Crippen MR) is 81.3 cm³/mol. The summed E-state index contributed by atoms with van der Waals surface area (Å²) in [5.74, 6) is -2.15. The Balaban J connectivity index is 2.03. The van der Waals surface area contributed by atoms with Crippen molar-refractivity contribution in [2.24, 2.45) is 0 Å². The van der Waals surface area contributed by atoms with Crippen LogP contribution in [0.25, 0.3) is 0 Å². The Hall–Kier alpha value is -2.41. The van der Waals surface area contributed by atoms with Crippen LogP contribution < -0.4 is 5.32 Å². The third-order valence-corrected chi connectivity index (χ3v) is 3.54. The molecule has 0 aliphatic carbocycles. The predicted octanol–water partition coefficient (Wildman–Crippen LogP) is 4.04. The van der Waals surface area contributed by atoms with E-state index in [0.29, 0.717) is 0 Å². The summed E-state index contributed by atoms with van der Waals surface area (Å²) in [7, 11) is 0. The molecule has 5 nitrogen and oxygen atoms in total. The van der Waals surface area contributed by atoms with E-state index in [2.05, 4.69) is 21.2 Å². The Bertz CT molecular complexity index is 706. The molecule has 2 N–H and O–H groups in total. The summed E-state index contributed by atoms with van der Waals surface area (Å²) in [6, 6.07) is 11.4. The van der Waals surface area contributed by atoms with Crippen LogP contribution in [0.5, 0.6) is 0 Å². The van der Waals surface area contributed by atoms with Crippen LogP contribution in [0.4, 0.5) is 14.9 Å². The molecule has 7 heteroatoms. The van der Waals surface area contributed by atoms with E-state index in [-0.39, 0.29) is 22.3 Å². The Labute approximate surface area is 133 Å². The number of aromatic carboxylic acids is 1. The van der Waals surface area contributed by atoms with Gasteiger partial charge in [0.15, 0.2) is 5.82 Å². The largest absolute Gasteiger partial charge is 0.478 e. The molecule has 1 amide bonds. The SMILES string of the molecule is O=C(Nc1ccc(C(=O)O)c(Br)c1F)OCc1ccccc1. The number of halogens is 2. The lowest BCUT2D eigenvalue weighted by molar-refractivity contribution is 0.0695. The monoisotopic (exact) mass is 367 g/mol. The molecule has 0 radical (unpaired) electrons. The maximum atomic E-state index is 14.0. The smallest absolute Gasteiger partial charge is 0.412 e. The molecule has 0 saturated carbocycles. The number of anilines is 1. The highest BCUT2D eigenvalue weighted by atomic mass is 79.9. The molecule has 0 unspecified atom stereocenters. The third kappa shape index (κ3) is 3.82. The summed E-state index contributed by atoms with van der Waals surface area (Å²) in [4.78, 5) is 22.5. The van der Waals surface area contributed by atoms with Gasteiger partial charge in [-0.1, -0.05) is 30.3 Å². The fraction of sp³-hybridized carbons (Fsp3) is 0.0667. The molecule has 0 aromatic heterocycles. The minimum Gasteiger partial charge on any atom is -0.478 e. The van der Waals surface area contributed by atoms with Crippen LogP contribution in [0.1, 0.15) is 15.9 Å². The zero-order valence-electron chi connectivity index (χ0n) is 11.2. The van der Waals surface area contributed by atoms with Crippen molar-refractivity contribution in [3.05, 3.63) is 63.9 Å². The number of hydrogen-bond donors (Lipinski definition) is 2. The summed E-state index contributed by atoms with van der Waals surface area (Å²) < 4.78 is 18.7. The number of carbonyl (C=O) groups is 2. The molecule has 22 heavy (non-hydrogen) atoms. The van der Waals surface area contributed by atoms with Gasteiger partial charge < -0.3 is 9.84 Å². The summed E-state index contributed by atoms with van der Waals surface area (Å²) in [5, 5.41) is 11.1. The van der Waals surface area contributed by atoms with Gasteiger partial charge in [-0.15, -0.1) is 0 Å². The first-order valence-electron chi connectivity index (χ1n) is 6.18.